The first kappa shape index (κ1) is 20.5. The zero-order valence-corrected chi connectivity index (χ0v) is 17.4. The zero-order valence-electron chi connectivity index (χ0n) is 17.4. The molecule has 4 rings (SSSR count). The summed E-state index contributed by atoms with van der Waals surface area (Å²) in [5, 5.41) is 5.65. The van der Waals surface area contributed by atoms with Gasteiger partial charge in [0.05, 0.1) is 0 Å². The second-order valence-electron chi connectivity index (χ2n) is 7.46. The number of ether oxygens (including phenoxy) is 1. The highest BCUT2D eigenvalue weighted by Crippen LogP contribution is 2.30. The highest BCUT2D eigenvalue weighted by molar-refractivity contribution is 5.99. The summed E-state index contributed by atoms with van der Waals surface area (Å²) < 4.78 is 6.02. The Hall–Kier alpha value is -3.80. The van der Waals surface area contributed by atoms with Gasteiger partial charge < -0.3 is 20.3 Å². The number of carbonyl (C=O) groups excluding carboxylic acids is 2. The Balaban J connectivity index is 1.53. The highest BCUT2D eigenvalue weighted by atomic mass is 16.5. The number of benzene rings is 3. The van der Waals surface area contributed by atoms with Crippen LogP contribution in [0.1, 0.15) is 24.5 Å². The molecule has 0 fully saturated rings. The van der Waals surface area contributed by atoms with Crippen molar-refractivity contribution < 1.29 is 14.3 Å². The molecular weight excluding hydrogens is 390 g/mol. The Morgan fingerprint density at radius 2 is 1.65 bits per heavy atom. The Labute approximate surface area is 181 Å². The van der Waals surface area contributed by atoms with Crippen LogP contribution in [0, 0.1) is 0 Å². The molecule has 0 aromatic heterocycles. The van der Waals surface area contributed by atoms with Gasteiger partial charge in [0, 0.05) is 30.0 Å². The van der Waals surface area contributed by atoms with Crippen molar-refractivity contribution in [3.8, 4) is 5.75 Å². The molecule has 3 aromatic rings. The fourth-order valence-electron chi connectivity index (χ4n) is 3.60. The molecular formula is C25H25N3O3. The van der Waals surface area contributed by atoms with Crippen LogP contribution in [0.4, 0.5) is 16.2 Å². The van der Waals surface area contributed by atoms with Crippen molar-refractivity contribution in [2.24, 2.45) is 0 Å². The average molecular weight is 415 g/mol. The molecule has 31 heavy (non-hydrogen) atoms. The predicted octanol–water partition coefficient (Wildman–Crippen LogP) is 5.03. The van der Waals surface area contributed by atoms with Gasteiger partial charge in [-0.25, -0.2) is 4.79 Å². The van der Waals surface area contributed by atoms with Crippen LogP contribution in [0.15, 0.2) is 78.9 Å². The lowest BCUT2D eigenvalue weighted by Crippen LogP contribution is -2.38. The molecule has 0 spiro atoms. The van der Waals surface area contributed by atoms with E-state index >= 15 is 0 Å². The number of hydrogen-bond donors (Lipinski definition) is 2. The number of hydrogen-bond acceptors (Lipinski definition) is 3. The van der Waals surface area contributed by atoms with Gasteiger partial charge in [-0.2, -0.15) is 0 Å². The van der Waals surface area contributed by atoms with E-state index in [-0.39, 0.29) is 11.9 Å². The summed E-state index contributed by atoms with van der Waals surface area (Å²) in [5.41, 5.74) is 3.27. The van der Waals surface area contributed by atoms with Crippen molar-refractivity contribution in [2.75, 3.05) is 10.6 Å². The van der Waals surface area contributed by atoms with Gasteiger partial charge in [0.15, 0.2) is 6.10 Å². The fraction of sp³-hybridized carbons (Fsp3) is 0.200. The number of amides is 3. The van der Waals surface area contributed by atoms with E-state index < -0.39 is 6.10 Å². The van der Waals surface area contributed by atoms with Crippen LogP contribution in [-0.2, 0) is 17.9 Å². The van der Waals surface area contributed by atoms with Crippen molar-refractivity contribution in [2.45, 2.75) is 32.5 Å². The van der Waals surface area contributed by atoms with Crippen LogP contribution in [0.5, 0.6) is 5.75 Å². The normalized spacial score (nSPS) is 15.5. The van der Waals surface area contributed by atoms with Gasteiger partial charge >= 0.3 is 6.03 Å². The average Bonchev–Trinajstić information content (AvgIpc) is 2.91. The third-order valence-corrected chi connectivity index (χ3v) is 5.15. The summed E-state index contributed by atoms with van der Waals surface area (Å²) in [5.74, 6) is 0.642. The molecule has 0 saturated heterocycles. The molecule has 0 radical (unpaired) electrons. The molecule has 0 bridgehead atoms. The first-order valence-electron chi connectivity index (χ1n) is 10.4. The van der Waals surface area contributed by atoms with Crippen LogP contribution >= 0.6 is 0 Å². The van der Waals surface area contributed by atoms with E-state index in [2.05, 4.69) is 10.6 Å². The van der Waals surface area contributed by atoms with Crippen molar-refractivity contribution in [3.05, 3.63) is 90.0 Å². The lowest BCUT2D eigenvalue weighted by molar-refractivity contribution is -0.139. The van der Waals surface area contributed by atoms with Crippen LogP contribution in [0.3, 0.4) is 0 Å². The summed E-state index contributed by atoms with van der Waals surface area (Å²) in [4.78, 5) is 27.2. The van der Waals surface area contributed by atoms with Crippen LogP contribution in [0.25, 0.3) is 0 Å². The number of nitrogens with one attached hydrogen (secondary N) is 2. The van der Waals surface area contributed by atoms with Gasteiger partial charge in [-0.1, -0.05) is 55.5 Å². The van der Waals surface area contributed by atoms with Crippen molar-refractivity contribution in [1.29, 1.82) is 0 Å². The molecule has 1 heterocycles. The summed E-state index contributed by atoms with van der Waals surface area (Å²) in [6, 6.07) is 24.3. The van der Waals surface area contributed by atoms with E-state index in [0.29, 0.717) is 36.6 Å². The molecule has 158 valence electrons. The molecule has 2 N–H and O–H groups in total. The minimum Gasteiger partial charge on any atom is -0.480 e. The molecule has 1 aliphatic heterocycles. The van der Waals surface area contributed by atoms with Gasteiger partial charge in [-0.15, -0.1) is 0 Å². The van der Waals surface area contributed by atoms with Gasteiger partial charge in [0.1, 0.15) is 5.75 Å². The maximum Gasteiger partial charge on any atom is 0.323 e. The zero-order chi connectivity index (χ0) is 21.6. The fourth-order valence-corrected chi connectivity index (χ4v) is 3.60. The molecule has 1 atom stereocenters. The summed E-state index contributed by atoms with van der Waals surface area (Å²) in [6.07, 6.45) is 0.0633. The van der Waals surface area contributed by atoms with Gasteiger partial charge in [0.2, 0.25) is 0 Å². The lowest BCUT2D eigenvalue weighted by Gasteiger charge is -2.23. The largest absolute Gasteiger partial charge is 0.480 e. The minimum atomic E-state index is -0.523. The maximum absolute atomic E-state index is 13.0. The first-order valence-corrected chi connectivity index (χ1v) is 10.4. The Kier molecular flexibility index (Phi) is 6.17. The van der Waals surface area contributed by atoms with Crippen LogP contribution in [0.2, 0.25) is 0 Å². The minimum absolute atomic E-state index is 0.0288. The SMILES string of the molecule is CCC1Oc2ccc(NC(=O)Nc3ccccc3)cc2CN(Cc2ccccc2)C1=O. The van der Waals surface area contributed by atoms with E-state index in [1.807, 2.05) is 84.6 Å². The number of nitrogens with zero attached hydrogens (tertiary/aromatic N) is 1. The van der Waals surface area contributed by atoms with Crippen molar-refractivity contribution >= 4 is 23.3 Å². The lowest BCUT2D eigenvalue weighted by atomic mass is 10.1. The quantitative estimate of drug-likeness (QED) is 0.614. The van der Waals surface area contributed by atoms with Gasteiger partial charge in [-0.05, 0) is 42.3 Å². The Bertz CT molecular complexity index is 1050. The summed E-state index contributed by atoms with van der Waals surface area (Å²) in [7, 11) is 0. The summed E-state index contributed by atoms with van der Waals surface area (Å²) in [6.45, 7) is 2.86. The van der Waals surface area contributed by atoms with Crippen LogP contribution in [-0.4, -0.2) is 22.9 Å². The number of carbonyl (C=O) groups is 2. The molecule has 0 aliphatic carbocycles. The van der Waals surface area contributed by atoms with Crippen molar-refractivity contribution in [1.82, 2.24) is 4.90 Å². The van der Waals surface area contributed by atoms with Gasteiger partial charge in [-0.3, -0.25) is 4.79 Å². The summed E-state index contributed by atoms with van der Waals surface area (Å²) >= 11 is 0. The molecule has 6 heteroatoms. The Morgan fingerprint density at radius 3 is 2.35 bits per heavy atom. The maximum atomic E-state index is 13.0. The Morgan fingerprint density at radius 1 is 0.968 bits per heavy atom. The topological polar surface area (TPSA) is 70.7 Å². The smallest absolute Gasteiger partial charge is 0.323 e. The molecule has 3 amide bonds. The van der Waals surface area contributed by atoms with E-state index in [9.17, 15) is 9.59 Å². The number of rotatable bonds is 5. The molecule has 1 aliphatic rings. The van der Waals surface area contributed by atoms with E-state index in [0.717, 1.165) is 11.1 Å². The monoisotopic (exact) mass is 415 g/mol. The second kappa shape index (κ2) is 9.34. The van der Waals surface area contributed by atoms with Crippen molar-refractivity contribution in [3.63, 3.8) is 0 Å². The van der Waals surface area contributed by atoms with E-state index in [1.54, 1.807) is 6.07 Å². The third kappa shape index (κ3) is 5.04. The van der Waals surface area contributed by atoms with E-state index in [1.165, 1.54) is 0 Å². The second-order valence-corrected chi connectivity index (χ2v) is 7.46. The highest BCUT2D eigenvalue weighted by Gasteiger charge is 2.30. The molecule has 0 saturated carbocycles. The predicted molar refractivity (Wildman–Crippen MR) is 121 cm³/mol. The first-order chi connectivity index (χ1) is 15.1. The molecule has 1 unspecified atom stereocenters. The van der Waals surface area contributed by atoms with E-state index in [4.69, 9.17) is 4.74 Å². The molecule has 6 nitrogen and oxygen atoms in total. The standard InChI is InChI=1S/C25H25N3O3/c1-2-22-24(29)28(16-18-9-5-3-6-10-18)17-19-15-21(13-14-23(19)31-22)27-25(30)26-20-11-7-4-8-12-20/h3-15,22H,2,16-17H2,1H3,(H2,26,27,30). The number of urea groups is 1. The van der Waals surface area contributed by atoms with Gasteiger partial charge in [0.25, 0.3) is 5.91 Å². The number of fused-ring (bicyclic) bond motifs is 1. The third-order valence-electron chi connectivity index (χ3n) is 5.15. The number of anilines is 2. The number of para-hydroxylation sites is 1. The molecule has 3 aromatic carbocycles. The van der Waals surface area contributed by atoms with Crippen LogP contribution < -0.4 is 15.4 Å².